The molecule has 0 radical (unpaired) electrons. The number of nitrogens with two attached hydrogens (primary N) is 1. The molecule has 0 aliphatic carbocycles. The van der Waals surface area contributed by atoms with Crippen molar-refractivity contribution in [1.82, 2.24) is 4.90 Å². The van der Waals surface area contributed by atoms with Gasteiger partial charge in [0, 0.05) is 24.3 Å². The standard InChI is InChI=1S/C21H27N3O2/c1-2-16(15-23-12-5-6-13-23)24(17-8-7-9-18(25)14-17)20-11-4-3-10-19(20)21(22)26/h3-4,7-11,14,16,25H,2,5-6,12-13,15H2,1H3,(H2,22,26). The molecule has 3 rings (SSSR count). The van der Waals surface area contributed by atoms with Crippen molar-refractivity contribution in [3.8, 4) is 5.75 Å². The normalized spacial score (nSPS) is 15.7. The number of para-hydroxylation sites is 1. The molecule has 3 N–H and O–H groups in total. The number of nitrogens with zero attached hydrogens (tertiary/aromatic N) is 2. The van der Waals surface area contributed by atoms with Crippen molar-refractivity contribution in [3.63, 3.8) is 0 Å². The third-order valence-electron chi connectivity index (χ3n) is 5.04. The van der Waals surface area contributed by atoms with E-state index < -0.39 is 5.91 Å². The average Bonchev–Trinajstić information content (AvgIpc) is 3.14. The zero-order chi connectivity index (χ0) is 18.5. The number of phenols is 1. The molecule has 1 amide bonds. The lowest BCUT2D eigenvalue weighted by Gasteiger charge is -2.36. The quantitative estimate of drug-likeness (QED) is 0.799. The minimum absolute atomic E-state index is 0.176. The van der Waals surface area contributed by atoms with Gasteiger partial charge in [-0.3, -0.25) is 4.79 Å². The number of hydrogen-bond donors (Lipinski definition) is 2. The Morgan fingerprint density at radius 2 is 1.92 bits per heavy atom. The molecular weight excluding hydrogens is 326 g/mol. The Balaban J connectivity index is 2.05. The zero-order valence-corrected chi connectivity index (χ0v) is 15.3. The van der Waals surface area contributed by atoms with Gasteiger partial charge in [-0.25, -0.2) is 0 Å². The highest BCUT2D eigenvalue weighted by Crippen LogP contribution is 2.34. The Morgan fingerprint density at radius 3 is 2.58 bits per heavy atom. The fourth-order valence-electron chi connectivity index (χ4n) is 3.74. The highest BCUT2D eigenvalue weighted by Gasteiger charge is 2.26. The van der Waals surface area contributed by atoms with Crippen LogP contribution in [0, 0.1) is 0 Å². The van der Waals surface area contributed by atoms with Gasteiger partial charge in [0.15, 0.2) is 0 Å². The molecule has 0 aromatic heterocycles. The summed E-state index contributed by atoms with van der Waals surface area (Å²) in [6.45, 7) is 5.30. The van der Waals surface area contributed by atoms with Gasteiger partial charge in [-0.1, -0.05) is 25.1 Å². The summed E-state index contributed by atoms with van der Waals surface area (Å²) < 4.78 is 0. The summed E-state index contributed by atoms with van der Waals surface area (Å²) in [5.74, 6) is -0.234. The minimum atomic E-state index is -0.443. The van der Waals surface area contributed by atoms with Crippen molar-refractivity contribution in [2.45, 2.75) is 32.2 Å². The Bertz CT molecular complexity index is 756. The summed E-state index contributed by atoms with van der Waals surface area (Å²) in [5, 5.41) is 10.00. The molecule has 1 heterocycles. The lowest BCUT2D eigenvalue weighted by molar-refractivity contribution is 0.100. The number of hydrogen-bond acceptors (Lipinski definition) is 4. The predicted molar refractivity (Wildman–Crippen MR) is 105 cm³/mol. The molecule has 138 valence electrons. The summed E-state index contributed by atoms with van der Waals surface area (Å²) in [4.78, 5) is 16.6. The number of amides is 1. The monoisotopic (exact) mass is 353 g/mol. The first kappa shape index (κ1) is 18.3. The van der Waals surface area contributed by atoms with Gasteiger partial charge in [0.05, 0.1) is 11.3 Å². The van der Waals surface area contributed by atoms with Crippen LogP contribution in [0.3, 0.4) is 0 Å². The van der Waals surface area contributed by atoms with Gasteiger partial charge in [-0.15, -0.1) is 0 Å². The van der Waals surface area contributed by atoms with Crippen LogP contribution in [0.2, 0.25) is 0 Å². The first-order valence-corrected chi connectivity index (χ1v) is 9.29. The van der Waals surface area contributed by atoms with Crippen molar-refractivity contribution in [1.29, 1.82) is 0 Å². The molecule has 0 bridgehead atoms. The Kier molecular flexibility index (Phi) is 5.78. The number of primary amides is 1. The third-order valence-corrected chi connectivity index (χ3v) is 5.04. The minimum Gasteiger partial charge on any atom is -0.508 e. The van der Waals surface area contributed by atoms with Gasteiger partial charge in [-0.2, -0.15) is 0 Å². The van der Waals surface area contributed by atoms with Crippen molar-refractivity contribution in [3.05, 3.63) is 54.1 Å². The summed E-state index contributed by atoms with van der Waals surface area (Å²) in [7, 11) is 0. The average molecular weight is 353 g/mol. The van der Waals surface area contributed by atoms with E-state index in [1.165, 1.54) is 12.8 Å². The molecule has 2 aromatic rings. The van der Waals surface area contributed by atoms with E-state index in [0.717, 1.165) is 37.4 Å². The maximum atomic E-state index is 12.0. The molecule has 1 aliphatic heterocycles. The molecule has 1 unspecified atom stereocenters. The summed E-state index contributed by atoms with van der Waals surface area (Å²) in [5.41, 5.74) is 7.79. The van der Waals surface area contributed by atoms with Gasteiger partial charge in [0.2, 0.25) is 0 Å². The highest BCUT2D eigenvalue weighted by molar-refractivity contribution is 5.99. The highest BCUT2D eigenvalue weighted by atomic mass is 16.3. The van der Waals surface area contributed by atoms with Crippen LogP contribution in [-0.4, -0.2) is 41.6 Å². The van der Waals surface area contributed by atoms with Gasteiger partial charge in [0.1, 0.15) is 5.75 Å². The number of anilines is 2. The van der Waals surface area contributed by atoms with E-state index in [4.69, 9.17) is 5.73 Å². The second-order valence-corrected chi connectivity index (χ2v) is 6.84. The number of phenolic OH excluding ortho intramolecular Hbond substituents is 1. The van der Waals surface area contributed by atoms with Gasteiger partial charge in [-0.05, 0) is 56.6 Å². The van der Waals surface area contributed by atoms with E-state index in [2.05, 4.69) is 16.7 Å². The van der Waals surface area contributed by atoms with Crippen LogP contribution in [0.1, 0.15) is 36.5 Å². The molecule has 2 aromatic carbocycles. The lowest BCUT2D eigenvalue weighted by atomic mass is 10.1. The van der Waals surface area contributed by atoms with Crippen molar-refractivity contribution in [2.24, 2.45) is 5.73 Å². The van der Waals surface area contributed by atoms with Crippen LogP contribution in [0.4, 0.5) is 11.4 Å². The first-order valence-electron chi connectivity index (χ1n) is 9.29. The van der Waals surface area contributed by atoms with Crippen LogP contribution in [0.15, 0.2) is 48.5 Å². The second-order valence-electron chi connectivity index (χ2n) is 6.84. The Labute approximate surface area is 155 Å². The Hall–Kier alpha value is -2.53. The smallest absolute Gasteiger partial charge is 0.250 e. The second kappa shape index (κ2) is 8.23. The van der Waals surface area contributed by atoms with E-state index in [9.17, 15) is 9.90 Å². The van der Waals surface area contributed by atoms with Crippen LogP contribution in [0.25, 0.3) is 0 Å². The summed E-state index contributed by atoms with van der Waals surface area (Å²) in [6, 6.07) is 14.8. The van der Waals surface area contributed by atoms with Crippen LogP contribution in [0.5, 0.6) is 5.75 Å². The number of aromatic hydroxyl groups is 1. The maximum Gasteiger partial charge on any atom is 0.250 e. The fraction of sp³-hybridized carbons (Fsp3) is 0.381. The zero-order valence-electron chi connectivity index (χ0n) is 15.3. The van der Waals surface area contributed by atoms with Crippen molar-refractivity contribution >= 4 is 17.3 Å². The van der Waals surface area contributed by atoms with Crippen molar-refractivity contribution < 1.29 is 9.90 Å². The first-order chi connectivity index (χ1) is 12.6. The molecule has 1 atom stereocenters. The number of carbonyl (C=O) groups excluding carboxylic acids is 1. The largest absolute Gasteiger partial charge is 0.508 e. The van der Waals surface area contributed by atoms with Crippen LogP contribution < -0.4 is 10.6 Å². The number of rotatable bonds is 7. The lowest BCUT2D eigenvalue weighted by Crippen LogP contribution is -2.41. The molecule has 5 heteroatoms. The topological polar surface area (TPSA) is 69.8 Å². The molecule has 1 aliphatic rings. The fourth-order valence-corrected chi connectivity index (χ4v) is 3.74. The Morgan fingerprint density at radius 1 is 1.19 bits per heavy atom. The molecular formula is C21H27N3O2. The van der Waals surface area contributed by atoms with Crippen LogP contribution in [-0.2, 0) is 0 Å². The van der Waals surface area contributed by atoms with E-state index in [1.807, 2.05) is 30.3 Å². The molecule has 1 fully saturated rings. The number of benzene rings is 2. The predicted octanol–water partition coefficient (Wildman–Crippen LogP) is 3.50. The van der Waals surface area contributed by atoms with E-state index in [0.29, 0.717) is 5.56 Å². The van der Waals surface area contributed by atoms with E-state index in [-0.39, 0.29) is 11.8 Å². The molecule has 26 heavy (non-hydrogen) atoms. The van der Waals surface area contributed by atoms with Crippen LogP contribution >= 0.6 is 0 Å². The number of carbonyl (C=O) groups is 1. The number of likely N-dealkylation sites (tertiary alicyclic amines) is 1. The van der Waals surface area contributed by atoms with Crippen molar-refractivity contribution in [2.75, 3.05) is 24.5 Å². The third kappa shape index (κ3) is 3.99. The van der Waals surface area contributed by atoms with E-state index >= 15 is 0 Å². The maximum absolute atomic E-state index is 12.0. The SMILES string of the molecule is CCC(CN1CCCC1)N(c1cccc(O)c1)c1ccccc1C(N)=O. The summed E-state index contributed by atoms with van der Waals surface area (Å²) in [6.07, 6.45) is 3.39. The molecule has 5 nitrogen and oxygen atoms in total. The van der Waals surface area contributed by atoms with Gasteiger partial charge < -0.3 is 20.6 Å². The summed E-state index contributed by atoms with van der Waals surface area (Å²) >= 11 is 0. The van der Waals surface area contributed by atoms with E-state index in [1.54, 1.807) is 18.2 Å². The van der Waals surface area contributed by atoms with Gasteiger partial charge in [0.25, 0.3) is 5.91 Å². The molecule has 1 saturated heterocycles. The molecule has 0 saturated carbocycles. The van der Waals surface area contributed by atoms with Gasteiger partial charge >= 0.3 is 0 Å². The molecule has 0 spiro atoms.